The number of nitro benzene ring substituents is 2. The highest BCUT2D eigenvalue weighted by Crippen LogP contribution is 2.27. The number of alkyl halides is 1. The first-order chi connectivity index (χ1) is 40.6. The van der Waals surface area contributed by atoms with Crippen LogP contribution >= 0.6 is 57.1 Å². The number of nitrogen functional groups attached to an aromatic ring is 2. The van der Waals surface area contributed by atoms with Gasteiger partial charge in [-0.2, -0.15) is 0 Å². The summed E-state index contributed by atoms with van der Waals surface area (Å²) < 4.78 is 22.1. The second-order valence-electron chi connectivity index (χ2n) is 17.9. The Labute approximate surface area is 512 Å². The van der Waals surface area contributed by atoms with Crippen LogP contribution < -0.4 is 27.4 Å². The minimum absolute atomic E-state index is 0.0358. The van der Waals surface area contributed by atoms with Gasteiger partial charge in [0.05, 0.1) is 31.3 Å². The van der Waals surface area contributed by atoms with E-state index in [9.17, 15) is 43.0 Å². The predicted molar refractivity (Wildman–Crippen MR) is 339 cm³/mol. The lowest BCUT2D eigenvalue weighted by molar-refractivity contribution is -0.385. The summed E-state index contributed by atoms with van der Waals surface area (Å²) in [5.74, 6) is 0.407. The molecule has 7 N–H and O–H groups in total. The van der Waals surface area contributed by atoms with Gasteiger partial charge in [0.25, 0.3) is 20.4 Å². The van der Waals surface area contributed by atoms with Gasteiger partial charge < -0.3 is 27.4 Å². The number of nitrogens with two attached hydrogens (primary N) is 2. The highest BCUT2D eigenvalue weighted by molar-refractivity contribution is 8.13. The molecule has 25 heteroatoms. The lowest BCUT2D eigenvalue weighted by Gasteiger charge is -2.15. The zero-order valence-corrected chi connectivity index (χ0v) is 49.2. The van der Waals surface area contributed by atoms with Crippen LogP contribution in [-0.2, 0) is 36.3 Å². The first kappa shape index (κ1) is 65.1. The lowest BCUT2D eigenvalue weighted by Crippen LogP contribution is -2.18. The fourth-order valence-electron chi connectivity index (χ4n) is 7.64. The van der Waals surface area contributed by atoms with Crippen LogP contribution in [0, 0.1) is 20.2 Å². The topological polar surface area (TPSA) is 298 Å². The summed E-state index contributed by atoms with van der Waals surface area (Å²) in [4.78, 5) is 65.2. The van der Waals surface area contributed by atoms with Gasteiger partial charge in [-0.25, -0.2) is 23.4 Å². The Morgan fingerprint density at radius 2 is 0.988 bits per heavy atom. The maximum atomic E-state index is 11.1. The monoisotopic (exact) mass is 1260 g/mol. The van der Waals surface area contributed by atoms with Crippen LogP contribution in [-0.4, -0.2) is 56.8 Å². The Morgan fingerprint density at radius 3 is 1.52 bits per heavy atom. The van der Waals surface area contributed by atoms with Gasteiger partial charge in [-0.1, -0.05) is 89.4 Å². The number of carbonyl (C=O) groups excluding carboxylic acids is 3. The highest BCUT2D eigenvalue weighted by atomic mass is 35.7. The van der Waals surface area contributed by atoms with Gasteiger partial charge in [0.15, 0.2) is 0 Å². The van der Waals surface area contributed by atoms with Gasteiger partial charge in [-0.15, -0.1) is 11.6 Å². The molecule has 0 bridgehead atoms. The van der Waals surface area contributed by atoms with Crippen LogP contribution in [0.25, 0.3) is 32.7 Å². The average Bonchev–Trinajstić information content (AvgIpc) is 3.56. The molecule has 2 aliphatic heterocycles. The van der Waals surface area contributed by atoms with Crippen LogP contribution in [0.1, 0.15) is 30.4 Å². The predicted octanol–water partition coefficient (Wildman–Crippen LogP) is 14.7. The molecule has 436 valence electrons. The molecule has 3 aromatic heterocycles. The Bertz CT molecular complexity index is 4060. The van der Waals surface area contributed by atoms with Crippen molar-refractivity contribution in [3.63, 3.8) is 0 Å². The molecule has 0 atom stereocenters. The standard InChI is InChI=1S/C9H5Cl2NO2S.C9H5ClN2O2.C9H7ClN2.C9H10ClNO.C9H8N2O3.C9H9NO.C6H7N/c10-9-4-1-6-5-7(15(11,13)14)2-3-8(6)12-9;10-9-4-1-6-5-7(12(13)14)2-3-8(6)11-9;10-9-4-1-6-5-7(11)2-3-8(6)12-9;10-7-6-9(12)11-8-4-2-1-3-5-8;12-9-4-1-6-5-7(11(13)14)2-3-8(6)10-9;11-9-6-5-7-3-1-2-4-8(7)10-9;7-6-4-2-1-3-5-6/h1-5H;1-5H;1-5H,11H2;1-5H,6-7H2,(H,11,12);2-3,5H,1,4H2,(H,10,12);1-4H,5-6H2,(H,10,11);1-5H,7H2. The summed E-state index contributed by atoms with van der Waals surface area (Å²) in [5, 5.41) is 32.8. The van der Waals surface area contributed by atoms with E-state index in [4.69, 9.17) is 68.6 Å². The third kappa shape index (κ3) is 21.6. The number of anilines is 5. The van der Waals surface area contributed by atoms with Crippen molar-refractivity contribution in [1.82, 2.24) is 15.0 Å². The summed E-state index contributed by atoms with van der Waals surface area (Å²) in [5.41, 5.74) is 19.4. The summed E-state index contributed by atoms with van der Waals surface area (Å²) in [7, 11) is 1.52. The molecule has 0 saturated heterocycles. The molecule has 5 heterocycles. The maximum Gasteiger partial charge on any atom is 0.270 e. The third-order valence-electron chi connectivity index (χ3n) is 11.7. The molecular formula is C60H51Cl5N10O9S. The van der Waals surface area contributed by atoms with Gasteiger partial charge >= 0.3 is 0 Å². The zero-order valence-electron chi connectivity index (χ0n) is 44.6. The van der Waals surface area contributed by atoms with Crippen molar-refractivity contribution in [2.75, 3.05) is 33.3 Å². The Hall–Kier alpha value is -9.02. The number of nitrogens with zero attached hydrogens (tertiary/aromatic N) is 5. The van der Waals surface area contributed by atoms with Crippen molar-refractivity contribution in [3.05, 3.63) is 241 Å². The maximum absolute atomic E-state index is 11.1. The van der Waals surface area contributed by atoms with Crippen LogP contribution in [0.5, 0.6) is 0 Å². The molecule has 0 aliphatic carbocycles. The molecule has 2 aliphatic rings. The molecule has 10 aromatic rings. The minimum Gasteiger partial charge on any atom is -0.399 e. The van der Waals surface area contributed by atoms with Gasteiger partial charge in [0.2, 0.25) is 17.7 Å². The van der Waals surface area contributed by atoms with Crippen LogP contribution in [0.2, 0.25) is 15.5 Å². The number of non-ortho nitro benzene ring substituents is 2. The molecule has 7 aromatic carbocycles. The lowest BCUT2D eigenvalue weighted by atomic mass is 10.0. The number of aryl methyl sites for hydroxylation is 2. The van der Waals surface area contributed by atoms with Crippen molar-refractivity contribution in [1.29, 1.82) is 0 Å². The number of carbonyl (C=O) groups is 3. The van der Waals surface area contributed by atoms with E-state index in [1.807, 2.05) is 103 Å². The quantitative estimate of drug-likeness (QED) is 0.0258. The second-order valence-corrected chi connectivity index (χ2v) is 22.0. The molecule has 0 radical (unpaired) electrons. The van der Waals surface area contributed by atoms with Crippen LogP contribution in [0.15, 0.2) is 199 Å². The molecule has 0 unspecified atom stereocenters. The summed E-state index contributed by atoms with van der Waals surface area (Å²) in [6, 6.07) is 55.9. The molecule has 19 nitrogen and oxygen atoms in total. The molecular weight excluding hydrogens is 1210 g/mol. The number of amides is 3. The van der Waals surface area contributed by atoms with Crippen molar-refractivity contribution >= 4 is 156 Å². The largest absolute Gasteiger partial charge is 0.399 e. The van der Waals surface area contributed by atoms with E-state index < -0.39 is 18.9 Å². The number of benzene rings is 7. The van der Waals surface area contributed by atoms with Crippen LogP contribution in [0.3, 0.4) is 0 Å². The van der Waals surface area contributed by atoms with E-state index in [-0.39, 0.29) is 34.0 Å². The fraction of sp³-hybridized carbons (Fsp3) is 0.100. The molecule has 0 fully saturated rings. The number of aromatic nitrogens is 3. The smallest absolute Gasteiger partial charge is 0.270 e. The highest BCUT2D eigenvalue weighted by Gasteiger charge is 2.18. The van der Waals surface area contributed by atoms with Crippen molar-refractivity contribution in [2.45, 2.75) is 37.0 Å². The van der Waals surface area contributed by atoms with E-state index in [0.29, 0.717) is 74.5 Å². The zero-order chi connectivity index (χ0) is 61.5. The number of fused-ring (bicyclic) bond motifs is 5. The van der Waals surface area contributed by atoms with E-state index in [1.54, 1.807) is 48.5 Å². The number of halogens is 5. The van der Waals surface area contributed by atoms with Gasteiger partial charge in [-0.3, -0.25) is 34.6 Å². The van der Waals surface area contributed by atoms with E-state index in [2.05, 4.69) is 37.0 Å². The number of nitrogens with one attached hydrogen (secondary N) is 3. The number of hydrogen-bond donors (Lipinski definition) is 5. The van der Waals surface area contributed by atoms with Gasteiger partial charge in [0.1, 0.15) is 15.5 Å². The molecule has 0 saturated carbocycles. The number of hydrogen-bond acceptors (Lipinski definition) is 14. The van der Waals surface area contributed by atoms with Crippen molar-refractivity contribution in [3.8, 4) is 0 Å². The number of nitro groups is 2. The third-order valence-corrected chi connectivity index (χ3v) is 13.9. The number of rotatable bonds is 6. The Balaban J connectivity index is 0.000000160. The van der Waals surface area contributed by atoms with Crippen molar-refractivity contribution in [2.24, 2.45) is 0 Å². The first-order valence-electron chi connectivity index (χ1n) is 25.3. The van der Waals surface area contributed by atoms with E-state index in [0.717, 1.165) is 45.6 Å². The molecule has 0 spiro atoms. The molecule has 12 rings (SSSR count). The summed E-state index contributed by atoms with van der Waals surface area (Å²) in [6.07, 6.45) is 2.83. The number of para-hydroxylation sites is 3. The first-order valence-corrected chi connectivity index (χ1v) is 29.3. The average molecular weight is 1270 g/mol. The Morgan fingerprint density at radius 1 is 0.529 bits per heavy atom. The summed E-state index contributed by atoms with van der Waals surface area (Å²) >= 11 is 22.5. The second kappa shape index (κ2) is 32.1. The van der Waals surface area contributed by atoms with Gasteiger partial charge in [0, 0.05) is 105 Å². The van der Waals surface area contributed by atoms with Crippen molar-refractivity contribution < 1.29 is 32.6 Å². The van der Waals surface area contributed by atoms with Crippen LogP contribution in [0.4, 0.5) is 39.8 Å². The minimum atomic E-state index is -3.69. The molecule has 3 amide bonds. The SMILES string of the molecule is Nc1ccc2nc(Cl)ccc2c1.Nc1ccccc1.O=C(CCCl)Nc1ccccc1.O=C1CCc2cc([N+](=O)[O-])ccc2N1.O=C1CCc2ccccc2N1.O=S(=O)(Cl)c1ccc2nc(Cl)ccc2c1.O=[N+]([O-])c1ccc2nc(Cl)ccc2c1. The Kier molecular flexibility index (Phi) is 24.6. The van der Waals surface area contributed by atoms with E-state index >= 15 is 0 Å². The van der Waals surface area contributed by atoms with Gasteiger partial charge in [-0.05, 0) is 139 Å². The molecule has 85 heavy (non-hydrogen) atoms. The number of pyridine rings is 3. The summed E-state index contributed by atoms with van der Waals surface area (Å²) in [6.45, 7) is 0. The van der Waals surface area contributed by atoms with E-state index in [1.165, 1.54) is 42.0 Å². The fourth-order valence-corrected chi connectivity index (χ4v) is 9.06. The normalized spacial score (nSPS) is 11.7.